The molecule has 0 aliphatic rings. The molecule has 0 radical (unpaired) electrons. The Labute approximate surface area is 197 Å². The number of hydrazine groups is 1. The molecule has 15 heteroatoms. The first-order valence-corrected chi connectivity index (χ1v) is 11.0. The van der Waals surface area contributed by atoms with Gasteiger partial charge in [0.05, 0.1) is 11.4 Å². The van der Waals surface area contributed by atoms with E-state index in [1.807, 2.05) is 13.0 Å². The molecule has 0 fully saturated rings. The summed E-state index contributed by atoms with van der Waals surface area (Å²) in [5.74, 6) is -0.0174. The number of aromatic hydroxyl groups is 1. The number of hydrogen-bond donors (Lipinski definition) is 4. The number of hydrogen-bond acceptors (Lipinski definition) is 12. The summed E-state index contributed by atoms with van der Waals surface area (Å²) in [6.07, 6.45) is 4.18. The highest BCUT2D eigenvalue weighted by molar-refractivity contribution is 7.98. The topological polar surface area (TPSA) is 188 Å². The van der Waals surface area contributed by atoms with E-state index >= 15 is 0 Å². The summed E-state index contributed by atoms with van der Waals surface area (Å²) in [7, 11) is 1.81. The summed E-state index contributed by atoms with van der Waals surface area (Å²) in [6.45, 7) is 1.97. The number of benzene rings is 1. The van der Waals surface area contributed by atoms with Crippen LogP contribution in [-0.2, 0) is 12.8 Å². The first-order chi connectivity index (χ1) is 16.5. The average Bonchev–Trinajstić information content (AvgIpc) is 3.55. The number of aromatic nitrogens is 8. The first-order valence-electron chi connectivity index (χ1n) is 10.0. The summed E-state index contributed by atoms with van der Waals surface area (Å²) >= 11 is 1.32. The number of amides is 1. The molecule has 5 N–H and O–H groups in total. The standard InChI is InChI=1S/C19H21N11O3S/c1-3-4-13(11-5-7-12(31)8-6-11)22-24-18(32)15-14(9-34-19-25-21-10-29(19)2)30(28-23-15)17-16(20)26-33-27-17/h4-8,10,22,31H,3,9H2,1-2H3,(H2,20,26)(H,24,32)/b13-4+. The molecule has 4 rings (SSSR count). The molecule has 0 saturated carbocycles. The van der Waals surface area contributed by atoms with Crippen LogP contribution in [0.25, 0.3) is 11.5 Å². The predicted octanol–water partition coefficient (Wildman–Crippen LogP) is 1.04. The Kier molecular flexibility index (Phi) is 6.72. The second-order valence-corrected chi connectivity index (χ2v) is 7.88. The number of nitrogens with one attached hydrogen (secondary N) is 2. The number of nitrogens with two attached hydrogens (primary N) is 1. The van der Waals surface area contributed by atoms with Crippen LogP contribution in [0.3, 0.4) is 0 Å². The van der Waals surface area contributed by atoms with Gasteiger partial charge in [0, 0.05) is 12.8 Å². The Morgan fingerprint density at radius 2 is 2.03 bits per heavy atom. The lowest BCUT2D eigenvalue weighted by molar-refractivity contribution is 0.0936. The van der Waals surface area contributed by atoms with Crippen LogP contribution in [0.5, 0.6) is 5.75 Å². The van der Waals surface area contributed by atoms with Gasteiger partial charge in [0.2, 0.25) is 11.6 Å². The van der Waals surface area contributed by atoms with E-state index in [9.17, 15) is 9.90 Å². The van der Waals surface area contributed by atoms with Gasteiger partial charge in [-0.3, -0.25) is 15.6 Å². The molecule has 0 aliphatic heterocycles. The molecule has 3 aromatic heterocycles. The monoisotopic (exact) mass is 483 g/mol. The molecule has 14 nitrogen and oxygen atoms in total. The van der Waals surface area contributed by atoms with Crippen LogP contribution < -0.4 is 16.6 Å². The minimum absolute atomic E-state index is 0.000358. The summed E-state index contributed by atoms with van der Waals surface area (Å²) in [5.41, 5.74) is 13.3. The van der Waals surface area contributed by atoms with Crippen molar-refractivity contribution in [2.24, 2.45) is 7.05 Å². The number of phenols is 1. The molecule has 3 heterocycles. The third kappa shape index (κ3) is 4.83. The van der Waals surface area contributed by atoms with Gasteiger partial charge in [-0.2, -0.15) is 4.68 Å². The van der Waals surface area contributed by atoms with Crippen molar-refractivity contribution in [2.75, 3.05) is 5.73 Å². The largest absolute Gasteiger partial charge is 0.508 e. The summed E-state index contributed by atoms with van der Waals surface area (Å²) < 4.78 is 7.71. The number of rotatable bonds is 9. The van der Waals surface area contributed by atoms with Crippen molar-refractivity contribution in [3.63, 3.8) is 0 Å². The third-order valence-corrected chi connectivity index (χ3v) is 5.63. The summed E-state index contributed by atoms with van der Waals surface area (Å²) in [6, 6.07) is 6.59. The average molecular weight is 484 g/mol. The molecule has 4 aromatic rings. The van der Waals surface area contributed by atoms with Crippen molar-refractivity contribution < 1.29 is 14.5 Å². The van der Waals surface area contributed by atoms with E-state index in [4.69, 9.17) is 5.73 Å². The molecule has 176 valence electrons. The summed E-state index contributed by atoms with van der Waals surface area (Å²) in [4.78, 5) is 13.1. The van der Waals surface area contributed by atoms with Gasteiger partial charge < -0.3 is 15.4 Å². The minimum atomic E-state index is -0.532. The Morgan fingerprint density at radius 3 is 2.68 bits per heavy atom. The second kappa shape index (κ2) is 10.0. The van der Waals surface area contributed by atoms with Gasteiger partial charge in [0.1, 0.15) is 12.1 Å². The number of anilines is 1. The fraction of sp³-hybridized carbons (Fsp3) is 0.211. The maximum atomic E-state index is 13.1. The fourth-order valence-corrected chi connectivity index (χ4v) is 3.80. The van der Waals surface area contributed by atoms with Gasteiger partial charge in [-0.25, -0.2) is 4.63 Å². The van der Waals surface area contributed by atoms with E-state index in [1.54, 1.807) is 42.2 Å². The van der Waals surface area contributed by atoms with Gasteiger partial charge in [-0.05, 0) is 46.6 Å². The lowest BCUT2D eigenvalue weighted by atomic mass is 10.1. The van der Waals surface area contributed by atoms with E-state index in [0.717, 1.165) is 5.56 Å². The molecule has 0 unspecified atom stereocenters. The SMILES string of the molecule is CC/C=C(/NNC(=O)c1nnn(-c2nonc2N)c1CSc1nncn1C)c1ccc(O)cc1. The minimum Gasteiger partial charge on any atom is -0.508 e. The number of phenolic OH excluding ortho intramolecular Hbond substituents is 1. The molecule has 0 bridgehead atoms. The molecule has 0 spiro atoms. The van der Waals surface area contributed by atoms with Crippen molar-refractivity contribution in [3.05, 3.63) is 53.6 Å². The zero-order chi connectivity index (χ0) is 24.1. The van der Waals surface area contributed by atoms with Crippen LogP contribution in [0, 0.1) is 0 Å². The van der Waals surface area contributed by atoms with Gasteiger partial charge in [-0.1, -0.05) is 30.0 Å². The number of carbonyl (C=O) groups excluding carboxylic acids is 1. The second-order valence-electron chi connectivity index (χ2n) is 6.93. The zero-order valence-electron chi connectivity index (χ0n) is 18.2. The zero-order valence-corrected chi connectivity index (χ0v) is 19.0. The Morgan fingerprint density at radius 1 is 1.24 bits per heavy atom. The number of aryl methyl sites for hydroxylation is 1. The maximum Gasteiger partial charge on any atom is 0.292 e. The number of thioether (sulfide) groups is 1. The Balaban J connectivity index is 1.58. The van der Waals surface area contributed by atoms with E-state index in [2.05, 4.69) is 46.3 Å². The third-order valence-electron chi connectivity index (χ3n) is 4.58. The van der Waals surface area contributed by atoms with Crippen LogP contribution >= 0.6 is 11.8 Å². The normalized spacial score (nSPS) is 11.5. The number of nitrogen functional groups attached to an aromatic ring is 1. The van der Waals surface area contributed by atoms with Gasteiger partial charge >= 0.3 is 0 Å². The molecular formula is C19H21N11O3S. The molecule has 0 atom stereocenters. The highest BCUT2D eigenvalue weighted by Crippen LogP contribution is 2.24. The van der Waals surface area contributed by atoms with Gasteiger partial charge in [0.15, 0.2) is 10.9 Å². The molecule has 0 aliphatic carbocycles. The predicted molar refractivity (Wildman–Crippen MR) is 121 cm³/mol. The Bertz CT molecular complexity index is 1310. The van der Waals surface area contributed by atoms with Crippen molar-refractivity contribution in [1.82, 2.24) is 50.9 Å². The van der Waals surface area contributed by atoms with Crippen LogP contribution in [-0.4, -0.2) is 51.1 Å². The smallest absolute Gasteiger partial charge is 0.292 e. The number of nitrogens with zero attached hydrogens (tertiary/aromatic N) is 8. The van der Waals surface area contributed by atoms with Crippen LogP contribution in [0.2, 0.25) is 0 Å². The highest BCUT2D eigenvalue weighted by atomic mass is 32.2. The van der Waals surface area contributed by atoms with Gasteiger partial charge in [-0.15, -0.1) is 15.3 Å². The Hall–Kier alpha value is -4.40. The van der Waals surface area contributed by atoms with Crippen molar-refractivity contribution in [1.29, 1.82) is 0 Å². The van der Waals surface area contributed by atoms with Gasteiger partial charge in [0.25, 0.3) is 5.91 Å². The molecular weight excluding hydrogens is 462 g/mol. The number of carbonyl (C=O) groups is 1. The lowest BCUT2D eigenvalue weighted by Crippen LogP contribution is -2.37. The fourth-order valence-electron chi connectivity index (χ4n) is 2.92. The number of allylic oxidation sites excluding steroid dienone is 1. The van der Waals surface area contributed by atoms with Crippen molar-refractivity contribution in [2.45, 2.75) is 24.3 Å². The molecule has 34 heavy (non-hydrogen) atoms. The molecule has 1 aromatic carbocycles. The van der Waals surface area contributed by atoms with E-state index in [1.165, 1.54) is 16.4 Å². The van der Waals surface area contributed by atoms with Crippen LogP contribution in [0.4, 0.5) is 5.82 Å². The first kappa shape index (κ1) is 22.8. The van der Waals surface area contributed by atoms with Crippen LogP contribution in [0.1, 0.15) is 35.1 Å². The van der Waals surface area contributed by atoms with E-state index in [0.29, 0.717) is 23.0 Å². The maximum absolute atomic E-state index is 13.1. The quantitative estimate of drug-likeness (QED) is 0.196. The lowest BCUT2D eigenvalue weighted by Gasteiger charge is -2.13. The molecule has 0 saturated heterocycles. The summed E-state index contributed by atoms with van der Waals surface area (Å²) in [5, 5.41) is 33.4. The van der Waals surface area contributed by atoms with Crippen LogP contribution in [0.15, 0.2) is 46.5 Å². The van der Waals surface area contributed by atoms with Crippen molar-refractivity contribution in [3.8, 4) is 11.6 Å². The van der Waals surface area contributed by atoms with E-state index < -0.39 is 5.91 Å². The highest BCUT2D eigenvalue weighted by Gasteiger charge is 2.24. The van der Waals surface area contributed by atoms with E-state index in [-0.39, 0.29) is 28.8 Å². The van der Waals surface area contributed by atoms with Crippen molar-refractivity contribution >= 4 is 29.2 Å². The molecule has 1 amide bonds.